The van der Waals surface area contributed by atoms with E-state index in [4.69, 9.17) is 5.73 Å². The van der Waals surface area contributed by atoms with Gasteiger partial charge in [-0.05, 0) is 24.0 Å². The lowest BCUT2D eigenvalue weighted by atomic mass is 10.1. The maximum absolute atomic E-state index is 11.7. The van der Waals surface area contributed by atoms with Crippen LogP contribution in [0.2, 0.25) is 0 Å². The molecule has 132 valence electrons. The Bertz CT molecular complexity index is 539. The molecule has 1 amide bonds. The molecule has 1 aliphatic rings. The number of nitrogens with zero attached hydrogens (tertiary/aromatic N) is 2. The second-order valence-corrected chi connectivity index (χ2v) is 6.42. The van der Waals surface area contributed by atoms with Gasteiger partial charge in [-0.3, -0.25) is 4.79 Å². The monoisotopic (exact) mass is 330 g/mol. The van der Waals surface area contributed by atoms with E-state index in [2.05, 4.69) is 41.5 Å². The van der Waals surface area contributed by atoms with Crippen LogP contribution in [0, 0.1) is 0 Å². The maximum Gasteiger partial charge on any atom is 0.222 e. The SMILES string of the molecule is CCCCCCNC(N)=NCc1ccc(CN2CCCC2=O)cc1. The van der Waals surface area contributed by atoms with Crippen molar-refractivity contribution >= 4 is 11.9 Å². The summed E-state index contributed by atoms with van der Waals surface area (Å²) in [6.45, 7) is 5.27. The topological polar surface area (TPSA) is 70.7 Å². The maximum atomic E-state index is 11.7. The summed E-state index contributed by atoms with van der Waals surface area (Å²) in [7, 11) is 0. The molecule has 1 heterocycles. The smallest absolute Gasteiger partial charge is 0.222 e. The van der Waals surface area contributed by atoms with Gasteiger partial charge in [-0.25, -0.2) is 4.99 Å². The first-order chi connectivity index (χ1) is 11.7. The van der Waals surface area contributed by atoms with Crippen molar-refractivity contribution in [3.63, 3.8) is 0 Å². The van der Waals surface area contributed by atoms with Crippen LogP contribution in [0.4, 0.5) is 0 Å². The molecule has 1 aromatic carbocycles. The molecule has 0 saturated carbocycles. The highest BCUT2D eigenvalue weighted by molar-refractivity contribution is 5.78. The highest BCUT2D eigenvalue weighted by Gasteiger charge is 2.19. The molecule has 1 saturated heterocycles. The summed E-state index contributed by atoms with van der Waals surface area (Å²) < 4.78 is 0. The molecule has 0 atom stereocenters. The van der Waals surface area contributed by atoms with E-state index >= 15 is 0 Å². The predicted octanol–water partition coefficient (Wildman–Crippen LogP) is 2.79. The zero-order chi connectivity index (χ0) is 17.2. The summed E-state index contributed by atoms with van der Waals surface area (Å²) >= 11 is 0. The number of unbranched alkanes of at least 4 members (excludes halogenated alkanes) is 3. The van der Waals surface area contributed by atoms with Crippen molar-refractivity contribution in [2.24, 2.45) is 10.7 Å². The van der Waals surface area contributed by atoms with Gasteiger partial charge >= 0.3 is 0 Å². The van der Waals surface area contributed by atoms with Crippen LogP contribution in [0.25, 0.3) is 0 Å². The van der Waals surface area contributed by atoms with Crippen molar-refractivity contribution in [2.45, 2.75) is 58.5 Å². The number of nitrogens with two attached hydrogens (primary N) is 1. The number of carbonyl (C=O) groups is 1. The van der Waals surface area contributed by atoms with Crippen LogP contribution in [-0.4, -0.2) is 29.9 Å². The molecular weight excluding hydrogens is 300 g/mol. The number of hydrogen-bond donors (Lipinski definition) is 2. The van der Waals surface area contributed by atoms with E-state index < -0.39 is 0 Å². The fraction of sp³-hybridized carbons (Fsp3) is 0.579. The molecule has 1 aromatic rings. The van der Waals surface area contributed by atoms with Crippen LogP contribution in [0.3, 0.4) is 0 Å². The number of nitrogens with one attached hydrogen (secondary N) is 1. The van der Waals surface area contributed by atoms with E-state index in [1.807, 2.05) is 4.90 Å². The van der Waals surface area contributed by atoms with Crippen molar-refractivity contribution in [1.82, 2.24) is 10.2 Å². The largest absolute Gasteiger partial charge is 0.370 e. The third-order valence-corrected chi connectivity index (χ3v) is 4.34. The first kappa shape index (κ1) is 18.3. The average Bonchev–Trinajstić information content (AvgIpc) is 2.99. The van der Waals surface area contributed by atoms with Gasteiger partial charge in [0.15, 0.2) is 5.96 Å². The van der Waals surface area contributed by atoms with Gasteiger partial charge in [0.2, 0.25) is 5.91 Å². The molecular formula is C19H30N4O. The number of amides is 1. The Morgan fingerprint density at radius 3 is 2.62 bits per heavy atom. The van der Waals surface area contributed by atoms with Crippen molar-refractivity contribution in [1.29, 1.82) is 0 Å². The van der Waals surface area contributed by atoms with Crippen LogP contribution in [0.15, 0.2) is 29.3 Å². The summed E-state index contributed by atoms with van der Waals surface area (Å²) in [5, 5.41) is 3.16. The lowest BCUT2D eigenvalue weighted by Crippen LogP contribution is -2.32. The van der Waals surface area contributed by atoms with E-state index in [0.717, 1.165) is 31.5 Å². The van der Waals surface area contributed by atoms with Gasteiger partial charge in [0.25, 0.3) is 0 Å². The van der Waals surface area contributed by atoms with Gasteiger partial charge in [-0.1, -0.05) is 50.5 Å². The average molecular weight is 330 g/mol. The van der Waals surface area contributed by atoms with Crippen LogP contribution >= 0.6 is 0 Å². The number of carbonyl (C=O) groups excluding carboxylic acids is 1. The summed E-state index contributed by atoms with van der Waals surface area (Å²) in [6, 6.07) is 8.28. The third kappa shape index (κ3) is 6.22. The lowest BCUT2D eigenvalue weighted by molar-refractivity contribution is -0.128. The molecule has 2 rings (SSSR count). The predicted molar refractivity (Wildman–Crippen MR) is 98.6 cm³/mol. The molecule has 1 fully saturated rings. The summed E-state index contributed by atoms with van der Waals surface area (Å²) in [6.07, 6.45) is 6.55. The molecule has 0 bridgehead atoms. The zero-order valence-corrected chi connectivity index (χ0v) is 14.8. The Balaban J connectivity index is 1.72. The van der Waals surface area contributed by atoms with E-state index in [1.54, 1.807) is 0 Å². The first-order valence-corrected chi connectivity index (χ1v) is 9.08. The molecule has 3 N–H and O–H groups in total. The molecule has 0 radical (unpaired) electrons. The first-order valence-electron chi connectivity index (χ1n) is 9.08. The van der Waals surface area contributed by atoms with Crippen molar-refractivity contribution in [3.8, 4) is 0 Å². The fourth-order valence-corrected chi connectivity index (χ4v) is 2.84. The minimum absolute atomic E-state index is 0.265. The highest BCUT2D eigenvalue weighted by atomic mass is 16.2. The highest BCUT2D eigenvalue weighted by Crippen LogP contribution is 2.15. The Hall–Kier alpha value is -2.04. The van der Waals surface area contributed by atoms with E-state index in [1.165, 1.54) is 24.8 Å². The minimum Gasteiger partial charge on any atom is -0.370 e. The van der Waals surface area contributed by atoms with Gasteiger partial charge in [0.05, 0.1) is 6.54 Å². The number of rotatable bonds is 9. The van der Waals surface area contributed by atoms with E-state index in [9.17, 15) is 4.79 Å². The molecule has 24 heavy (non-hydrogen) atoms. The van der Waals surface area contributed by atoms with Crippen LogP contribution in [-0.2, 0) is 17.9 Å². The zero-order valence-electron chi connectivity index (χ0n) is 14.8. The molecule has 1 aliphatic heterocycles. The Morgan fingerprint density at radius 1 is 1.21 bits per heavy atom. The fourth-order valence-electron chi connectivity index (χ4n) is 2.84. The van der Waals surface area contributed by atoms with Gasteiger partial charge in [0, 0.05) is 26.1 Å². The van der Waals surface area contributed by atoms with Gasteiger partial charge in [-0.2, -0.15) is 0 Å². The van der Waals surface area contributed by atoms with Crippen molar-refractivity contribution in [3.05, 3.63) is 35.4 Å². The minimum atomic E-state index is 0.265. The van der Waals surface area contributed by atoms with Gasteiger partial charge in [-0.15, -0.1) is 0 Å². The molecule has 5 nitrogen and oxygen atoms in total. The second-order valence-electron chi connectivity index (χ2n) is 6.42. The normalized spacial score (nSPS) is 15.1. The quantitative estimate of drug-likeness (QED) is 0.415. The lowest BCUT2D eigenvalue weighted by Gasteiger charge is -2.15. The number of hydrogen-bond acceptors (Lipinski definition) is 2. The van der Waals surface area contributed by atoms with E-state index in [0.29, 0.717) is 25.5 Å². The van der Waals surface area contributed by atoms with Crippen LogP contribution in [0.5, 0.6) is 0 Å². The van der Waals surface area contributed by atoms with Crippen LogP contribution < -0.4 is 11.1 Å². The molecule has 0 unspecified atom stereocenters. The second kappa shape index (κ2) is 9.96. The number of aliphatic imine (C=N–C) groups is 1. The summed E-state index contributed by atoms with van der Waals surface area (Å²) in [5.41, 5.74) is 8.18. The summed E-state index contributed by atoms with van der Waals surface area (Å²) in [4.78, 5) is 18.0. The molecule has 0 aromatic heterocycles. The number of guanidine groups is 1. The Morgan fingerprint density at radius 2 is 1.96 bits per heavy atom. The number of likely N-dealkylation sites (tertiary alicyclic amines) is 1. The molecule has 0 spiro atoms. The van der Waals surface area contributed by atoms with Crippen molar-refractivity contribution < 1.29 is 4.79 Å². The number of benzene rings is 1. The van der Waals surface area contributed by atoms with Crippen molar-refractivity contribution in [2.75, 3.05) is 13.1 Å². The molecule has 0 aliphatic carbocycles. The van der Waals surface area contributed by atoms with Gasteiger partial charge < -0.3 is 16.0 Å². The van der Waals surface area contributed by atoms with Crippen LogP contribution in [0.1, 0.15) is 56.6 Å². The summed E-state index contributed by atoms with van der Waals surface area (Å²) in [5.74, 6) is 0.777. The Kier molecular flexibility index (Phi) is 7.59. The molecule has 5 heteroatoms. The Labute approximate surface area is 145 Å². The van der Waals surface area contributed by atoms with E-state index in [-0.39, 0.29) is 5.91 Å². The third-order valence-electron chi connectivity index (χ3n) is 4.34. The van der Waals surface area contributed by atoms with Gasteiger partial charge in [0.1, 0.15) is 0 Å². The standard InChI is InChI=1S/C19H30N4O/c1-2-3-4-5-12-21-19(20)22-14-16-8-10-17(11-9-16)15-23-13-6-7-18(23)24/h8-11H,2-7,12-15H2,1H3,(H3,20,21,22).